The Bertz CT molecular complexity index is 584. The van der Waals surface area contributed by atoms with E-state index in [4.69, 9.17) is 5.10 Å². The minimum Gasteiger partial charge on any atom is -0.385 e. The minimum atomic E-state index is 0.541. The SMILES string of the molecule is CCC(CC)n1ccc(CC2CCNc3ccccc32)n1. The molecule has 112 valence electrons. The molecule has 0 fully saturated rings. The van der Waals surface area contributed by atoms with Gasteiger partial charge in [-0.25, -0.2) is 0 Å². The van der Waals surface area contributed by atoms with Crippen LogP contribution in [0.1, 0.15) is 56.3 Å². The van der Waals surface area contributed by atoms with Crippen molar-refractivity contribution in [2.75, 3.05) is 11.9 Å². The number of nitrogens with zero attached hydrogens (tertiary/aromatic N) is 2. The number of anilines is 1. The van der Waals surface area contributed by atoms with Gasteiger partial charge in [-0.1, -0.05) is 32.0 Å². The molecule has 21 heavy (non-hydrogen) atoms. The van der Waals surface area contributed by atoms with Crippen molar-refractivity contribution in [2.24, 2.45) is 0 Å². The molecule has 0 radical (unpaired) electrons. The smallest absolute Gasteiger partial charge is 0.0630 e. The molecule has 2 aromatic rings. The predicted octanol–water partition coefficient (Wildman–Crippen LogP) is 4.39. The first-order chi connectivity index (χ1) is 10.3. The number of aromatic nitrogens is 2. The van der Waals surface area contributed by atoms with Crippen LogP contribution in [0.25, 0.3) is 0 Å². The average molecular weight is 283 g/mol. The van der Waals surface area contributed by atoms with Crippen LogP contribution in [-0.2, 0) is 6.42 Å². The van der Waals surface area contributed by atoms with Crippen molar-refractivity contribution >= 4 is 5.69 Å². The van der Waals surface area contributed by atoms with Gasteiger partial charge in [-0.05, 0) is 49.3 Å². The van der Waals surface area contributed by atoms with E-state index in [1.807, 2.05) is 0 Å². The first kappa shape index (κ1) is 14.2. The van der Waals surface area contributed by atoms with E-state index in [0.717, 1.165) is 25.8 Å². The summed E-state index contributed by atoms with van der Waals surface area (Å²) in [6.07, 6.45) is 6.68. The summed E-state index contributed by atoms with van der Waals surface area (Å²) in [4.78, 5) is 0. The van der Waals surface area contributed by atoms with Gasteiger partial charge in [0, 0.05) is 18.4 Å². The molecule has 3 nitrogen and oxygen atoms in total. The highest BCUT2D eigenvalue weighted by atomic mass is 15.3. The highest BCUT2D eigenvalue weighted by Gasteiger charge is 2.21. The van der Waals surface area contributed by atoms with Crippen LogP contribution in [0.2, 0.25) is 0 Å². The van der Waals surface area contributed by atoms with Crippen LogP contribution in [0.3, 0.4) is 0 Å². The summed E-state index contributed by atoms with van der Waals surface area (Å²) in [5.41, 5.74) is 3.97. The van der Waals surface area contributed by atoms with Gasteiger partial charge in [-0.15, -0.1) is 0 Å². The normalized spacial score (nSPS) is 17.6. The molecular formula is C18H25N3. The summed E-state index contributed by atoms with van der Waals surface area (Å²) in [6.45, 7) is 5.53. The Morgan fingerprint density at radius 1 is 1.24 bits per heavy atom. The maximum Gasteiger partial charge on any atom is 0.0630 e. The van der Waals surface area contributed by atoms with Gasteiger partial charge in [0.1, 0.15) is 0 Å². The van der Waals surface area contributed by atoms with E-state index in [1.165, 1.54) is 23.4 Å². The summed E-state index contributed by atoms with van der Waals surface area (Å²) >= 11 is 0. The predicted molar refractivity (Wildman–Crippen MR) is 87.8 cm³/mol. The second-order valence-corrected chi connectivity index (χ2v) is 5.96. The van der Waals surface area contributed by atoms with Crippen molar-refractivity contribution in [1.82, 2.24) is 9.78 Å². The van der Waals surface area contributed by atoms with Crippen molar-refractivity contribution in [1.29, 1.82) is 0 Å². The lowest BCUT2D eigenvalue weighted by atomic mass is 9.87. The first-order valence-electron chi connectivity index (χ1n) is 8.18. The fourth-order valence-electron chi connectivity index (χ4n) is 3.37. The van der Waals surface area contributed by atoms with Crippen LogP contribution < -0.4 is 5.32 Å². The van der Waals surface area contributed by atoms with Crippen LogP contribution >= 0.6 is 0 Å². The second kappa shape index (κ2) is 6.33. The molecule has 3 rings (SSSR count). The standard InChI is InChI=1S/C18H25N3/c1-3-16(4-2)21-12-10-15(20-21)13-14-9-11-19-18-8-6-5-7-17(14)18/h5-8,10,12,14,16,19H,3-4,9,11,13H2,1-2H3. The van der Waals surface area contributed by atoms with E-state index in [9.17, 15) is 0 Å². The Labute approximate surface area is 127 Å². The summed E-state index contributed by atoms with van der Waals surface area (Å²) in [5, 5.41) is 8.31. The average Bonchev–Trinajstić information content (AvgIpc) is 2.97. The van der Waals surface area contributed by atoms with Crippen LogP contribution in [-0.4, -0.2) is 16.3 Å². The van der Waals surface area contributed by atoms with E-state index in [-0.39, 0.29) is 0 Å². The third kappa shape index (κ3) is 2.97. The van der Waals surface area contributed by atoms with E-state index in [0.29, 0.717) is 12.0 Å². The Hall–Kier alpha value is -1.77. The molecule has 0 amide bonds. The molecule has 1 aromatic carbocycles. The number of para-hydroxylation sites is 1. The lowest BCUT2D eigenvalue weighted by Gasteiger charge is -2.26. The Kier molecular flexibility index (Phi) is 4.28. The minimum absolute atomic E-state index is 0.541. The molecule has 0 saturated heterocycles. The summed E-state index contributed by atoms with van der Waals surface area (Å²) in [6, 6.07) is 11.4. The van der Waals surface area contributed by atoms with Gasteiger partial charge in [-0.3, -0.25) is 4.68 Å². The van der Waals surface area contributed by atoms with Gasteiger partial charge < -0.3 is 5.32 Å². The van der Waals surface area contributed by atoms with Crippen molar-refractivity contribution in [3.05, 3.63) is 47.8 Å². The van der Waals surface area contributed by atoms with Gasteiger partial charge in [-0.2, -0.15) is 5.10 Å². The third-order valence-corrected chi connectivity index (χ3v) is 4.64. The summed E-state index contributed by atoms with van der Waals surface area (Å²) in [7, 11) is 0. The van der Waals surface area contributed by atoms with Crippen molar-refractivity contribution in [3.63, 3.8) is 0 Å². The molecule has 0 bridgehead atoms. The second-order valence-electron chi connectivity index (χ2n) is 5.96. The van der Waals surface area contributed by atoms with E-state index in [2.05, 4.69) is 60.4 Å². The van der Waals surface area contributed by atoms with Crippen molar-refractivity contribution < 1.29 is 0 Å². The summed E-state index contributed by atoms with van der Waals surface area (Å²) < 4.78 is 2.16. The maximum atomic E-state index is 4.82. The topological polar surface area (TPSA) is 29.9 Å². The van der Waals surface area contributed by atoms with Gasteiger partial charge in [0.15, 0.2) is 0 Å². The highest BCUT2D eigenvalue weighted by Crippen LogP contribution is 2.33. The highest BCUT2D eigenvalue weighted by molar-refractivity contribution is 5.54. The zero-order valence-corrected chi connectivity index (χ0v) is 13.0. The quantitative estimate of drug-likeness (QED) is 0.882. The lowest BCUT2D eigenvalue weighted by Crippen LogP contribution is -2.18. The number of rotatable bonds is 5. The zero-order valence-electron chi connectivity index (χ0n) is 13.0. The monoisotopic (exact) mass is 283 g/mol. The largest absolute Gasteiger partial charge is 0.385 e. The molecular weight excluding hydrogens is 258 g/mol. The fourth-order valence-corrected chi connectivity index (χ4v) is 3.37. The molecule has 1 aromatic heterocycles. The van der Waals surface area contributed by atoms with Gasteiger partial charge in [0.25, 0.3) is 0 Å². The molecule has 1 N–H and O–H groups in total. The number of hydrogen-bond donors (Lipinski definition) is 1. The molecule has 3 heteroatoms. The maximum absolute atomic E-state index is 4.82. The Balaban J connectivity index is 1.76. The molecule has 0 saturated carbocycles. The molecule has 1 unspecified atom stereocenters. The molecule has 0 aliphatic carbocycles. The van der Waals surface area contributed by atoms with E-state index >= 15 is 0 Å². The van der Waals surface area contributed by atoms with Gasteiger partial charge in [0.05, 0.1) is 11.7 Å². The number of fused-ring (bicyclic) bond motifs is 1. The molecule has 1 aliphatic rings. The van der Waals surface area contributed by atoms with Gasteiger partial charge in [0.2, 0.25) is 0 Å². The van der Waals surface area contributed by atoms with Crippen molar-refractivity contribution in [3.8, 4) is 0 Å². The van der Waals surface area contributed by atoms with Crippen molar-refractivity contribution in [2.45, 2.75) is 51.5 Å². The number of nitrogens with one attached hydrogen (secondary N) is 1. The van der Waals surface area contributed by atoms with Gasteiger partial charge >= 0.3 is 0 Å². The zero-order chi connectivity index (χ0) is 14.7. The van der Waals surface area contributed by atoms with Crippen LogP contribution in [0, 0.1) is 0 Å². The Morgan fingerprint density at radius 2 is 2.05 bits per heavy atom. The van der Waals surface area contributed by atoms with Crippen LogP contribution in [0.4, 0.5) is 5.69 Å². The molecule has 1 aliphatic heterocycles. The van der Waals surface area contributed by atoms with E-state index in [1.54, 1.807) is 0 Å². The molecule has 0 spiro atoms. The molecule has 2 heterocycles. The fraction of sp³-hybridized carbons (Fsp3) is 0.500. The van der Waals surface area contributed by atoms with Crippen LogP contribution in [0.15, 0.2) is 36.5 Å². The molecule has 1 atom stereocenters. The number of hydrogen-bond acceptors (Lipinski definition) is 2. The van der Waals surface area contributed by atoms with Crippen LogP contribution in [0.5, 0.6) is 0 Å². The number of benzene rings is 1. The first-order valence-corrected chi connectivity index (χ1v) is 8.18. The third-order valence-electron chi connectivity index (χ3n) is 4.64. The summed E-state index contributed by atoms with van der Waals surface area (Å²) in [5.74, 6) is 0.590. The van der Waals surface area contributed by atoms with E-state index < -0.39 is 0 Å². The lowest BCUT2D eigenvalue weighted by molar-refractivity contribution is 0.424. The Morgan fingerprint density at radius 3 is 2.86 bits per heavy atom.